The third kappa shape index (κ3) is 3.44. The smallest absolute Gasteiger partial charge is 0.349 e. The number of aryl methyl sites for hydroxylation is 2. The minimum Gasteiger partial charge on any atom is -0.448 e. The number of anilines is 1. The van der Waals surface area contributed by atoms with Gasteiger partial charge in [-0.15, -0.1) is 22.7 Å². The van der Waals surface area contributed by atoms with Gasteiger partial charge in [0.1, 0.15) is 15.9 Å². The molecule has 1 aromatic carbocycles. The van der Waals surface area contributed by atoms with Crippen LogP contribution in [0.25, 0.3) is 10.4 Å². The summed E-state index contributed by atoms with van der Waals surface area (Å²) in [5, 5.41) is 13.8. The Balaban J connectivity index is 1.47. The third-order valence-corrected chi connectivity index (χ3v) is 6.63. The number of carbonyl (C=O) groups is 2. The Morgan fingerprint density at radius 3 is 2.82 bits per heavy atom. The third-order valence-electron chi connectivity index (χ3n) is 4.61. The van der Waals surface area contributed by atoms with Crippen molar-refractivity contribution in [2.24, 2.45) is 0 Å². The second-order valence-electron chi connectivity index (χ2n) is 6.43. The number of carbonyl (C=O) groups excluding carboxylic acids is 2. The molecule has 0 fully saturated rings. The first-order chi connectivity index (χ1) is 13.6. The Labute approximate surface area is 170 Å². The second kappa shape index (κ2) is 7.58. The summed E-state index contributed by atoms with van der Waals surface area (Å²) in [5.74, 6) is -0.967. The Hall–Kier alpha value is -2.95. The SMILES string of the molecule is C[C@H](OC(=O)c1cc2c(s1)-c1ccccc1CC2)C(=O)Nc1sccc1C#N. The van der Waals surface area contributed by atoms with Crippen molar-refractivity contribution >= 4 is 39.6 Å². The van der Waals surface area contributed by atoms with Gasteiger partial charge in [0.25, 0.3) is 5.91 Å². The zero-order chi connectivity index (χ0) is 19.7. The summed E-state index contributed by atoms with van der Waals surface area (Å²) in [6, 6.07) is 13.7. The molecule has 0 radical (unpaired) electrons. The van der Waals surface area contributed by atoms with Crippen molar-refractivity contribution in [3.8, 4) is 16.5 Å². The van der Waals surface area contributed by atoms with Crippen LogP contribution in [0.1, 0.15) is 33.3 Å². The molecule has 28 heavy (non-hydrogen) atoms. The highest BCUT2D eigenvalue weighted by molar-refractivity contribution is 7.17. The van der Waals surface area contributed by atoms with Crippen LogP contribution in [0.5, 0.6) is 0 Å². The molecule has 0 saturated carbocycles. The predicted octanol–water partition coefficient (Wildman–Crippen LogP) is 4.63. The van der Waals surface area contributed by atoms with Gasteiger partial charge < -0.3 is 10.1 Å². The lowest BCUT2D eigenvalue weighted by molar-refractivity contribution is -0.123. The highest BCUT2D eigenvalue weighted by atomic mass is 32.1. The Morgan fingerprint density at radius 2 is 2.00 bits per heavy atom. The number of nitriles is 1. The summed E-state index contributed by atoms with van der Waals surface area (Å²) >= 11 is 2.66. The number of nitrogens with one attached hydrogen (secondary N) is 1. The van der Waals surface area contributed by atoms with Gasteiger partial charge in [-0.25, -0.2) is 4.79 Å². The highest BCUT2D eigenvalue weighted by Gasteiger charge is 2.25. The van der Waals surface area contributed by atoms with Gasteiger partial charge in [-0.3, -0.25) is 4.79 Å². The lowest BCUT2D eigenvalue weighted by Crippen LogP contribution is -2.29. The fourth-order valence-corrected chi connectivity index (χ4v) is 5.05. The molecule has 5 nitrogen and oxygen atoms in total. The van der Waals surface area contributed by atoms with Gasteiger partial charge in [0.2, 0.25) is 0 Å². The Kier molecular flexibility index (Phi) is 4.99. The molecule has 1 N–H and O–H groups in total. The van der Waals surface area contributed by atoms with Crippen LogP contribution in [0.4, 0.5) is 5.00 Å². The lowest BCUT2D eigenvalue weighted by Gasteiger charge is -2.15. The molecule has 140 valence electrons. The van der Waals surface area contributed by atoms with E-state index >= 15 is 0 Å². The first kappa shape index (κ1) is 18.4. The second-order valence-corrected chi connectivity index (χ2v) is 8.40. The van der Waals surface area contributed by atoms with Crippen LogP contribution in [0.3, 0.4) is 0 Å². The fraction of sp³-hybridized carbons (Fsp3) is 0.190. The number of benzene rings is 1. The Morgan fingerprint density at radius 1 is 1.21 bits per heavy atom. The molecular weight excluding hydrogens is 392 g/mol. The van der Waals surface area contributed by atoms with Gasteiger partial charge in [-0.05, 0) is 54.0 Å². The number of hydrogen-bond acceptors (Lipinski definition) is 6. The molecule has 0 unspecified atom stereocenters. The topological polar surface area (TPSA) is 79.2 Å². The van der Waals surface area contributed by atoms with Crippen molar-refractivity contribution in [3.63, 3.8) is 0 Å². The molecule has 2 aromatic heterocycles. The fourth-order valence-electron chi connectivity index (χ4n) is 3.15. The van der Waals surface area contributed by atoms with Crippen molar-refractivity contribution in [2.45, 2.75) is 25.9 Å². The van der Waals surface area contributed by atoms with Crippen molar-refractivity contribution in [3.05, 3.63) is 63.3 Å². The van der Waals surface area contributed by atoms with E-state index in [1.807, 2.05) is 24.3 Å². The number of rotatable bonds is 4. The largest absolute Gasteiger partial charge is 0.448 e. The predicted molar refractivity (Wildman–Crippen MR) is 110 cm³/mol. The molecule has 0 spiro atoms. The summed E-state index contributed by atoms with van der Waals surface area (Å²) in [4.78, 5) is 26.5. The number of nitrogens with zero attached hydrogens (tertiary/aromatic N) is 1. The van der Waals surface area contributed by atoms with Gasteiger partial charge in [0, 0.05) is 4.88 Å². The molecule has 1 atom stereocenters. The molecule has 0 bridgehead atoms. The van der Waals surface area contributed by atoms with Crippen molar-refractivity contribution in [1.82, 2.24) is 0 Å². The molecule has 1 aliphatic carbocycles. The molecule has 4 rings (SSSR count). The van der Waals surface area contributed by atoms with Gasteiger partial charge in [-0.1, -0.05) is 24.3 Å². The number of hydrogen-bond donors (Lipinski definition) is 1. The molecule has 3 aromatic rings. The normalized spacial score (nSPS) is 13.0. The zero-order valence-corrected chi connectivity index (χ0v) is 16.7. The van der Waals surface area contributed by atoms with Crippen LogP contribution in [-0.2, 0) is 22.4 Å². The number of esters is 1. The van der Waals surface area contributed by atoms with Crippen LogP contribution in [0.15, 0.2) is 41.8 Å². The molecular formula is C21H16N2O3S2. The minimum atomic E-state index is -0.965. The lowest BCUT2D eigenvalue weighted by atomic mass is 9.91. The maximum atomic E-state index is 12.6. The maximum absolute atomic E-state index is 12.6. The molecule has 0 aliphatic heterocycles. The molecule has 7 heteroatoms. The molecule has 1 amide bonds. The standard InChI is InChI=1S/C21H16N2O3S2/c1-12(19(24)23-20-15(11-22)8-9-27-20)26-21(25)17-10-14-7-6-13-4-2-3-5-16(13)18(14)28-17/h2-5,8-10,12H,6-7H2,1H3,(H,23,24)/t12-/m0/s1. The van der Waals surface area contributed by atoms with Gasteiger partial charge in [0.05, 0.1) is 5.56 Å². The van der Waals surface area contributed by atoms with Crippen LogP contribution in [0.2, 0.25) is 0 Å². The summed E-state index contributed by atoms with van der Waals surface area (Å²) in [5.41, 5.74) is 3.99. The average Bonchev–Trinajstić information content (AvgIpc) is 3.34. The molecule has 0 saturated heterocycles. The monoisotopic (exact) mass is 408 g/mol. The van der Waals surface area contributed by atoms with Crippen molar-refractivity contribution in [2.75, 3.05) is 5.32 Å². The summed E-state index contributed by atoms with van der Waals surface area (Å²) in [7, 11) is 0. The van der Waals surface area contributed by atoms with Crippen LogP contribution < -0.4 is 5.32 Å². The van der Waals surface area contributed by atoms with Gasteiger partial charge in [-0.2, -0.15) is 5.26 Å². The summed E-state index contributed by atoms with van der Waals surface area (Å²) in [6.07, 6.45) is 0.879. The number of amides is 1. The summed E-state index contributed by atoms with van der Waals surface area (Å²) < 4.78 is 5.37. The van der Waals surface area contributed by atoms with Crippen LogP contribution in [0, 0.1) is 11.3 Å². The summed E-state index contributed by atoms with van der Waals surface area (Å²) in [6.45, 7) is 1.52. The van der Waals surface area contributed by atoms with E-state index in [-0.39, 0.29) is 0 Å². The minimum absolute atomic E-state index is 0.390. The first-order valence-corrected chi connectivity index (χ1v) is 10.5. The van der Waals surface area contributed by atoms with Crippen LogP contribution in [-0.4, -0.2) is 18.0 Å². The van der Waals surface area contributed by atoms with E-state index in [0.717, 1.165) is 23.3 Å². The van der Waals surface area contributed by atoms with E-state index in [2.05, 4.69) is 17.4 Å². The Bertz CT molecular complexity index is 1110. The molecule has 1 aliphatic rings. The maximum Gasteiger partial charge on any atom is 0.349 e. The van der Waals surface area contributed by atoms with Crippen molar-refractivity contribution < 1.29 is 14.3 Å². The average molecular weight is 409 g/mol. The van der Waals surface area contributed by atoms with Gasteiger partial charge in [0.15, 0.2) is 6.10 Å². The highest BCUT2D eigenvalue weighted by Crippen LogP contribution is 2.39. The number of thiophene rings is 2. The number of fused-ring (bicyclic) bond motifs is 3. The van der Waals surface area contributed by atoms with E-state index in [1.54, 1.807) is 11.4 Å². The van der Waals surface area contributed by atoms with E-state index in [4.69, 9.17) is 10.00 Å². The molecule has 2 heterocycles. The first-order valence-electron chi connectivity index (χ1n) is 8.77. The van der Waals surface area contributed by atoms with E-state index in [0.29, 0.717) is 15.4 Å². The van der Waals surface area contributed by atoms with E-state index in [1.165, 1.54) is 40.7 Å². The van der Waals surface area contributed by atoms with Crippen molar-refractivity contribution in [1.29, 1.82) is 5.26 Å². The van der Waals surface area contributed by atoms with Gasteiger partial charge >= 0.3 is 5.97 Å². The zero-order valence-electron chi connectivity index (χ0n) is 15.0. The number of ether oxygens (including phenoxy) is 1. The quantitative estimate of drug-likeness (QED) is 0.638. The van der Waals surface area contributed by atoms with Crippen LogP contribution >= 0.6 is 22.7 Å². The van der Waals surface area contributed by atoms with E-state index < -0.39 is 18.0 Å². The van der Waals surface area contributed by atoms with E-state index in [9.17, 15) is 9.59 Å².